The summed E-state index contributed by atoms with van der Waals surface area (Å²) in [6.07, 6.45) is 5.40. The molecule has 3 heterocycles. The van der Waals surface area contributed by atoms with E-state index in [1.165, 1.54) is 29.0 Å². The summed E-state index contributed by atoms with van der Waals surface area (Å²) in [5.41, 5.74) is 1.61. The maximum atomic E-state index is 13.0. The first-order valence-corrected chi connectivity index (χ1v) is 13.8. The van der Waals surface area contributed by atoms with Gasteiger partial charge in [0.1, 0.15) is 16.2 Å². The van der Waals surface area contributed by atoms with Crippen LogP contribution in [0, 0.1) is 13.8 Å². The number of carbonyl (C=O) groups excluding carboxylic acids is 1. The molecule has 1 fully saturated rings. The number of thioether (sulfide) groups is 1. The van der Waals surface area contributed by atoms with Crippen LogP contribution >= 0.6 is 23.1 Å². The van der Waals surface area contributed by atoms with Crippen molar-refractivity contribution in [2.24, 2.45) is 0 Å². The van der Waals surface area contributed by atoms with Gasteiger partial charge in [0.25, 0.3) is 0 Å². The molecular formula is C22H26N4O3S3. The molecule has 10 heteroatoms. The van der Waals surface area contributed by atoms with E-state index in [1.807, 2.05) is 6.92 Å². The molecular weight excluding hydrogens is 464 g/mol. The van der Waals surface area contributed by atoms with Crippen LogP contribution in [0.1, 0.15) is 36.1 Å². The maximum Gasteiger partial charge on any atom is 0.243 e. The molecule has 32 heavy (non-hydrogen) atoms. The number of amides is 1. The minimum atomic E-state index is -3.56. The molecule has 0 atom stereocenters. The third-order valence-electron chi connectivity index (χ3n) is 5.59. The van der Waals surface area contributed by atoms with Gasteiger partial charge in [-0.15, -0.1) is 11.3 Å². The summed E-state index contributed by atoms with van der Waals surface area (Å²) in [5.74, 6) is -0.0421. The first-order valence-electron chi connectivity index (χ1n) is 10.6. The number of nitrogens with zero attached hydrogens (tertiary/aromatic N) is 3. The van der Waals surface area contributed by atoms with Crippen molar-refractivity contribution in [3.05, 3.63) is 41.0 Å². The van der Waals surface area contributed by atoms with Crippen molar-refractivity contribution in [1.82, 2.24) is 14.3 Å². The summed E-state index contributed by atoms with van der Waals surface area (Å²) in [5, 5.41) is 4.60. The van der Waals surface area contributed by atoms with Gasteiger partial charge in [-0.3, -0.25) is 4.79 Å². The van der Waals surface area contributed by atoms with Crippen molar-refractivity contribution in [3.8, 4) is 0 Å². The average Bonchev–Trinajstić information content (AvgIpc) is 2.96. The number of hydrogen-bond acceptors (Lipinski definition) is 7. The number of carbonyl (C=O) groups is 1. The summed E-state index contributed by atoms with van der Waals surface area (Å²) < 4.78 is 27.6. The highest BCUT2D eigenvalue weighted by atomic mass is 32.2. The van der Waals surface area contributed by atoms with E-state index in [0.29, 0.717) is 18.8 Å². The molecule has 4 rings (SSSR count). The highest BCUT2D eigenvalue weighted by Gasteiger charge is 2.25. The molecule has 0 aliphatic carbocycles. The molecule has 0 bridgehead atoms. The Hall–Kier alpha value is -2.01. The van der Waals surface area contributed by atoms with Crippen LogP contribution in [-0.4, -0.2) is 47.4 Å². The van der Waals surface area contributed by atoms with Crippen LogP contribution in [0.5, 0.6) is 0 Å². The van der Waals surface area contributed by atoms with E-state index in [-0.39, 0.29) is 16.6 Å². The van der Waals surface area contributed by atoms with E-state index in [4.69, 9.17) is 0 Å². The van der Waals surface area contributed by atoms with Crippen LogP contribution < -0.4 is 5.32 Å². The molecule has 3 aromatic rings. The number of fused-ring (bicyclic) bond motifs is 1. The number of aromatic nitrogens is 2. The predicted octanol–water partition coefficient (Wildman–Crippen LogP) is 4.60. The third kappa shape index (κ3) is 4.98. The fourth-order valence-electron chi connectivity index (χ4n) is 3.76. The van der Waals surface area contributed by atoms with E-state index in [9.17, 15) is 13.2 Å². The third-order valence-corrected chi connectivity index (χ3v) is 9.59. The molecule has 0 radical (unpaired) electrons. The molecule has 1 amide bonds. The Balaban J connectivity index is 1.44. The largest absolute Gasteiger partial charge is 0.325 e. The summed E-state index contributed by atoms with van der Waals surface area (Å²) in [7, 11) is -3.56. The lowest BCUT2D eigenvalue weighted by molar-refractivity contribution is -0.113. The number of rotatable bonds is 6. The zero-order chi connectivity index (χ0) is 22.7. The monoisotopic (exact) mass is 490 g/mol. The van der Waals surface area contributed by atoms with Gasteiger partial charge in [-0.05, 0) is 50.5 Å². The van der Waals surface area contributed by atoms with Gasteiger partial charge < -0.3 is 5.32 Å². The standard InChI is InChI=1S/C22H26N4O3S3/c1-15-16(2)31-22-20(15)21(23-14-24-22)30-13-19(27)25-17-8-7-9-18(12-17)32(28,29)26-10-5-3-4-6-11-26/h7-9,12,14H,3-6,10-11,13H2,1-2H3,(H,25,27). The Morgan fingerprint density at radius 3 is 2.66 bits per heavy atom. The Morgan fingerprint density at radius 2 is 1.91 bits per heavy atom. The minimum Gasteiger partial charge on any atom is -0.325 e. The average molecular weight is 491 g/mol. The van der Waals surface area contributed by atoms with Gasteiger partial charge >= 0.3 is 0 Å². The fraction of sp³-hybridized carbons (Fsp3) is 0.409. The van der Waals surface area contributed by atoms with Crippen LogP contribution in [0.3, 0.4) is 0 Å². The first-order chi connectivity index (χ1) is 15.4. The zero-order valence-electron chi connectivity index (χ0n) is 18.1. The predicted molar refractivity (Wildman–Crippen MR) is 130 cm³/mol. The first kappa shape index (κ1) is 23.2. The summed E-state index contributed by atoms with van der Waals surface area (Å²) in [6.45, 7) is 5.18. The Bertz CT molecular complexity index is 1230. The molecule has 0 unspecified atom stereocenters. The second kappa shape index (κ2) is 9.86. The zero-order valence-corrected chi connectivity index (χ0v) is 20.6. The SMILES string of the molecule is Cc1sc2ncnc(SCC(=O)Nc3cccc(S(=O)(=O)N4CCCCCC4)c3)c2c1C. The fourth-order valence-corrected chi connectivity index (χ4v) is 7.24. The van der Waals surface area contributed by atoms with Crippen LogP contribution in [0.15, 0.2) is 40.5 Å². The molecule has 1 aliphatic heterocycles. The summed E-state index contributed by atoms with van der Waals surface area (Å²) in [4.78, 5) is 23.6. The Labute approximate surface area is 196 Å². The van der Waals surface area contributed by atoms with Crippen molar-refractivity contribution >= 4 is 54.9 Å². The van der Waals surface area contributed by atoms with Crippen molar-refractivity contribution < 1.29 is 13.2 Å². The number of hydrogen-bond donors (Lipinski definition) is 1. The lowest BCUT2D eigenvalue weighted by Gasteiger charge is -2.20. The maximum absolute atomic E-state index is 13.0. The van der Waals surface area contributed by atoms with E-state index >= 15 is 0 Å². The topological polar surface area (TPSA) is 92.3 Å². The van der Waals surface area contributed by atoms with Gasteiger partial charge in [0.15, 0.2) is 0 Å². The smallest absolute Gasteiger partial charge is 0.243 e. The van der Waals surface area contributed by atoms with Crippen molar-refractivity contribution in [1.29, 1.82) is 0 Å². The van der Waals surface area contributed by atoms with Gasteiger partial charge in [0.05, 0.1) is 10.6 Å². The van der Waals surface area contributed by atoms with Crippen molar-refractivity contribution in [2.45, 2.75) is 49.5 Å². The summed E-state index contributed by atoms with van der Waals surface area (Å²) >= 11 is 2.98. The van der Waals surface area contributed by atoms with E-state index in [2.05, 4.69) is 22.2 Å². The lowest BCUT2D eigenvalue weighted by atomic mass is 10.2. The van der Waals surface area contributed by atoms with E-state index < -0.39 is 10.0 Å². The Kier molecular flexibility index (Phi) is 7.14. The molecule has 1 aliphatic rings. The number of thiophene rings is 1. The second-order valence-electron chi connectivity index (χ2n) is 7.83. The van der Waals surface area contributed by atoms with Gasteiger partial charge in [-0.1, -0.05) is 30.7 Å². The molecule has 1 N–H and O–H groups in total. The quantitative estimate of drug-likeness (QED) is 0.401. The molecule has 0 spiro atoms. The molecule has 7 nitrogen and oxygen atoms in total. The van der Waals surface area contributed by atoms with Crippen LogP contribution in [0.25, 0.3) is 10.2 Å². The van der Waals surface area contributed by atoms with Crippen LogP contribution in [0.2, 0.25) is 0 Å². The highest BCUT2D eigenvalue weighted by molar-refractivity contribution is 8.00. The van der Waals surface area contributed by atoms with Gasteiger partial charge in [0.2, 0.25) is 15.9 Å². The number of nitrogens with one attached hydrogen (secondary N) is 1. The molecule has 1 saturated heterocycles. The second-order valence-corrected chi connectivity index (χ2v) is 11.9. The van der Waals surface area contributed by atoms with E-state index in [0.717, 1.165) is 46.5 Å². The van der Waals surface area contributed by atoms with Gasteiger partial charge in [-0.2, -0.15) is 4.31 Å². The van der Waals surface area contributed by atoms with Gasteiger partial charge in [0, 0.05) is 29.0 Å². The molecule has 170 valence electrons. The van der Waals surface area contributed by atoms with Crippen LogP contribution in [-0.2, 0) is 14.8 Å². The molecule has 1 aromatic carbocycles. The van der Waals surface area contributed by atoms with Crippen molar-refractivity contribution in [2.75, 3.05) is 24.2 Å². The summed E-state index contributed by atoms with van der Waals surface area (Å²) in [6, 6.07) is 6.50. The normalized spacial score (nSPS) is 15.6. The molecule has 0 saturated carbocycles. The highest BCUT2D eigenvalue weighted by Crippen LogP contribution is 2.34. The Morgan fingerprint density at radius 1 is 1.16 bits per heavy atom. The number of aryl methyl sites for hydroxylation is 2. The van der Waals surface area contributed by atoms with E-state index in [1.54, 1.807) is 33.8 Å². The van der Waals surface area contributed by atoms with Crippen LogP contribution in [0.4, 0.5) is 5.69 Å². The lowest BCUT2D eigenvalue weighted by Crippen LogP contribution is -2.32. The molecule has 2 aromatic heterocycles. The minimum absolute atomic E-state index is 0.170. The van der Waals surface area contributed by atoms with Crippen molar-refractivity contribution in [3.63, 3.8) is 0 Å². The number of sulfonamides is 1. The van der Waals surface area contributed by atoms with Gasteiger partial charge in [-0.25, -0.2) is 18.4 Å². The number of anilines is 1. The number of benzene rings is 1.